The van der Waals surface area contributed by atoms with Gasteiger partial charge in [-0.3, -0.25) is 4.79 Å². The fraction of sp³-hybridized carbons (Fsp3) is 0.286. The molecule has 0 atom stereocenters. The van der Waals surface area contributed by atoms with E-state index in [1.807, 2.05) is 0 Å². The van der Waals surface area contributed by atoms with Crippen molar-refractivity contribution < 1.29 is 19.4 Å². The van der Waals surface area contributed by atoms with Gasteiger partial charge >= 0.3 is 5.97 Å². The van der Waals surface area contributed by atoms with Crippen LogP contribution in [0.5, 0.6) is 0 Å². The first-order valence-electron chi connectivity index (χ1n) is 6.07. The highest BCUT2D eigenvalue weighted by Crippen LogP contribution is 2.28. The highest BCUT2D eigenvalue weighted by molar-refractivity contribution is 6.36. The zero-order valence-electron chi connectivity index (χ0n) is 11.8. The summed E-state index contributed by atoms with van der Waals surface area (Å²) in [5.41, 5.74) is -0.356. The van der Waals surface area contributed by atoms with Crippen LogP contribution in [0.2, 0.25) is 10.0 Å². The molecule has 5 nitrogen and oxygen atoms in total. The Hall–Kier alpha value is -1.72. The first kappa shape index (κ1) is 17.3. The summed E-state index contributed by atoms with van der Waals surface area (Å²) in [5, 5.41) is 10.8. The van der Waals surface area contributed by atoms with Gasteiger partial charge in [0, 0.05) is 24.7 Å². The number of carbonyl (C=O) groups excluding carboxylic acids is 2. The number of benzene rings is 1. The maximum absolute atomic E-state index is 12.1. The molecule has 1 rings (SSSR count). The highest BCUT2D eigenvalue weighted by Gasteiger charge is 2.27. The summed E-state index contributed by atoms with van der Waals surface area (Å²) in [6.07, 6.45) is 0. The molecular weight excluding hydrogens is 317 g/mol. The smallest absolute Gasteiger partial charge is 0.347 e. The lowest BCUT2D eigenvalue weighted by atomic mass is 10.1. The Kier molecular flexibility index (Phi) is 6.05. The van der Waals surface area contributed by atoms with Crippen molar-refractivity contribution in [3.8, 4) is 0 Å². The van der Waals surface area contributed by atoms with Gasteiger partial charge in [0.05, 0.1) is 11.6 Å². The summed E-state index contributed by atoms with van der Waals surface area (Å²) in [6, 6.07) is 4.31. The fourth-order valence-electron chi connectivity index (χ4n) is 1.53. The summed E-state index contributed by atoms with van der Waals surface area (Å²) in [6.45, 7) is 1.67. The largest absolute Gasteiger partial charge is 0.506 e. The number of aliphatic hydroxyl groups excluding tert-OH is 1. The molecule has 1 N–H and O–H groups in total. The summed E-state index contributed by atoms with van der Waals surface area (Å²) < 4.78 is 4.81. The van der Waals surface area contributed by atoms with E-state index in [-0.39, 0.29) is 17.2 Å². The number of aliphatic hydroxyl groups is 1. The van der Waals surface area contributed by atoms with E-state index >= 15 is 0 Å². The van der Waals surface area contributed by atoms with Crippen LogP contribution in [0.4, 0.5) is 0 Å². The summed E-state index contributed by atoms with van der Waals surface area (Å²) in [4.78, 5) is 25.2. The lowest BCUT2D eigenvalue weighted by Crippen LogP contribution is -2.29. The summed E-state index contributed by atoms with van der Waals surface area (Å²) >= 11 is 11.8. The number of amides is 1. The standard InChI is InChI=1S/C14H15Cl2NO4/c1-4-21-14(20)11(13(19)17(2)3)12(18)9-6-5-8(15)7-10(9)16/h5-7,18H,4H2,1-3H3/b12-11+. The molecule has 114 valence electrons. The zero-order valence-corrected chi connectivity index (χ0v) is 13.3. The van der Waals surface area contributed by atoms with Gasteiger partial charge in [-0.05, 0) is 25.1 Å². The Morgan fingerprint density at radius 2 is 1.90 bits per heavy atom. The number of rotatable bonds is 4. The molecule has 0 aliphatic rings. The van der Waals surface area contributed by atoms with Crippen molar-refractivity contribution in [2.45, 2.75) is 6.92 Å². The van der Waals surface area contributed by atoms with E-state index < -0.39 is 23.2 Å². The Labute approximate surface area is 132 Å². The van der Waals surface area contributed by atoms with Crippen LogP contribution in [0.25, 0.3) is 5.76 Å². The number of halogens is 2. The number of ether oxygens (including phenoxy) is 1. The number of nitrogens with zero attached hydrogens (tertiary/aromatic N) is 1. The normalized spacial score (nSPS) is 11.7. The molecular formula is C14H15Cl2NO4. The van der Waals surface area contributed by atoms with Crippen molar-refractivity contribution in [1.29, 1.82) is 0 Å². The number of hydrogen-bond donors (Lipinski definition) is 1. The van der Waals surface area contributed by atoms with E-state index in [0.717, 1.165) is 4.90 Å². The molecule has 0 saturated carbocycles. The van der Waals surface area contributed by atoms with Crippen LogP contribution >= 0.6 is 23.2 Å². The van der Waals surface area contributed by atoms with Gasteiger partial charge in [-0.15, -0.1) is 0 Å². The molecule has 1 aromatic carbocycles. The Bertz CT molecular complexity index is 597. The molecule has 21 heavy (non-hydrogen) atoms. The molecule has 0 unspecified atom stereocenters. The monoisotopic (exact) mass is 331 g/mol. The molecule has 0 fully saturated rings. The molecule has 0 bridgehead atoms. The van der Waals surface area contributed by atoms with Crippen LogP contribution in [-0.2, 0) is 14.3 Å². The predicted octanol–water partition coefficient (Wildman–Crippen LogP) is 2.91. The number of esters is 1. The average molecular weight is 332 g/mol. The van der Waals surface area contributed by atoms with Crippen molar-refractivity contribution in [3.63, 3.8) is 0 Å². The second-order valence-electron chi connectivity index (χ2n) is 4.27. The topological polar surface area (TPSA) is 66.8 Å². The van der Waals surface area contributed by atoms with Crippen molar-refractivity contribution in [3.05, 3.63) is 39.4 Å². The molecule has 0 radical (unpaired) electrons. The van der Waals surface area contributed by atoms with E-state index in [1.54, 1.807) is 6.92 Å². The third-order valence-electron chi connectivity index (χ3n) is 2.52. The minimum Gasteiger partial charge on any atom is -0.506 e. The van der Waals surface area contributed by atoms with Crippen molar-refractivity contribution >= 4 is 40.8 Å². The lowest BCUT2D eigenvalue weighted by Gasteiger charge is -2.15. The van der Waals surface area contributed by atoms with Gasteiger partial charge in [-0.2, -0.15) is 0 Å². The van der Waals surface area contributed by atoms with Crippen molar-refractivity contribution in [2.75, 3.05) is 20.7 Å². The first-order chi connectivity index (χ1) is 9.79. The average Bonchev–Trinajstić information content (AvgIpc) is 2.38. The number of carbonyl (C=O) groups is 2. The second-order valence-corrected chi connectivity index (χ2v) is 5.11. The minimum absolute atomic E-state index is 0.0741. The molecule has 7 heteroatoms. The fourth-order valence-corrected chi connectivity index (χ4v) is 2.03. The Balaban J connectivity index is 3.45. The molecule has 0 saturated heterocycles. The van der Waals surface area contributed by atoms with E-state index in [2.05, 4.69) is 0 Å². The lowest BCUT2D eigenvalue weighted by molar-refractivity contribution is -0.141. The predicted molar refractivity (Wildman–Crippen MR) is 81.3 cm³/mol. The van der Waals surface area contributed by atoms with Crippen LogP contribution in [0, 0.1) is 0 Å². The van der Waals surface area contributed by atoms with Gasteiger partial charge in [-0.1, -0.05) is 23.2 Å². The first-order valence-corrected chi connectivity index (χ1v) is 6.82. The summed E-state index contributed by atoms with van der Waals surface area (Å²) in [7, 11) is 2.91. The highest BCUT2D eigenvalue weighted by atomic mass is 35.5. The van der Waals surface area contributed by atoms with E-state index in [0.29, 0.717) is 5.02 Å². The maximum Gasteiger partial charge on any atom is 0.347 e. The zero-order chi connectivity index (χ0) is 16.2. The van der Waals surface area contributed by atoms with Crippen LogP contribution in [0.15, 0.2) is 23.8 Å². The van der Waals surface area contributed by atoms with Crippen LogP contribution in [0.1, 0.15) is 12.5 Å². The van der Waals surface area contributed by atoms with Crippen LogP contribution < -0.4 is 0 Å². The third kappa shape index (κ3) is 4.12. The second kappa shape index (κ2) is 7.33. The van der Waals surface area contributed by atoms with E-state index in [1.165, 1.54) is 32.3 Å². The molecule has 0 aromatic heterocycles. The molecule has 0 aliphatic carbocycles. The summed E-state index contributed by atoms with van der Waals surface area (Å²) in [5.74, 6) is -2.15. The maximum atomic E-state index is 12.1. The van der Waals surface area contributed by atoms with E-state index in [9.17, 15) is 14.7 Å². The van der Waals surface area contributed by atoms with Gasteiger partial charge in [0.1, 0.15) is 5.76 Å². The quantitative estimate of drug-likeness (QED) is 0.303. The molecule has 0 spiro atoms. The molecule has 1 amide bonds. The van der Waals surface area contributed by atoms with Gasteiger partial charge < -0.3 is 14.7 Å². The van der Waals surface area contributed by atoms with Gasteiger partial charge in [-0.25, -0.2) is 4.79 Å². The molecule has 1 aromatic rings. The number of hydrogen-bond acceptors (Lipinski definition) is 4. The van der Waals surface area contributed by atoms with Crippen molar-refractivity contribution in [1.82, 2.24) is 4.90 Å². The van der Waals surface area contributed by atoms with Gasteiger partial charge in [0.2, 0.25) is 0 Å². The van der Waals surface area contributed by atoms with Crippen molar-refractivity contribution in [2.24, 2.45) is 0 Å². The SMILES string of the molecule is CCOC(=O)/C(C(=O)N(C)C)=C(/O)c1ccc(Cl)cc1Cl. The molecule has 0 aliphatic heterocycles. The minimum atomic E-state index is -0.917. The Morgan fingerprint density at radius 3 is 2.38 bits per heavy atom. The molecule has 0 heterocycles. The van der Waals surface area contributed by atoms with Gasteiger partial charge in [0.25, 0.3) is 5.91 Å². The number of likely N-dealkylation sites (N-methyl/N-ethyl adjacent to an activating group) is 1. The third-order valence-corrected chi connectivity index (χ3v) is 3.07. The van der Waals surface area contributed by atoms with Crippen LogP contribution in [0.3, 0.4) is 0 Å². The van der Waals surface area contributed by atoms with E-state index in [4.69, 9.17) is 27.9 Å². The van der Waals surface area contributed by atoms with Crippen LogP contribution in [-0.4, -0.2) is 42.6 Å². The van der Waals surface area contributed by atoms with Gasteiger partial charge in [0.15, 0.2) is 5.57 Å². The Morgan fingerprint density at radius 1 is 1.29 bits per heavy atom.